The van der Waals surface area contributed by atoms with Crippen molar-refractivity contribution in [1.82, 2.24) is 10.6 Å². The molecule has 1 atom stereocenters. The van der Waals surface area contributed by atoms with E-state index >= 15 is 0 Å². The number of nitrogens with one attached hydrogen (secondary N) is 2. The van der Waals surface area contributed by atoms with Gasteiger partial charge in [0, 0.05) is 6.54 Å². The summed E-state index contributed by atoms with van der Waals surface area (Å²) in [5.74, 6) is -0.337. The van der Waals surface area contributed by atoms with Gasteiger partial charge in [-0.2, -0.15) is 0 Å². The van der Waals surface area contributed by atoms with Gasteiger partial charge in [0.25, 0.3) is 0 Å². The van der Waals surface area contributed by atoms with E-state index in [1.54, 1.807) is 13.8 Å². The highest BCUT2D eigenvalue weighted by Crippen LogP contribution is 2.15. The lowest BCUT2D eigenvalue weighted by atomic mass is 9.93. The largest absolute Gasteiger partial charge is 0.469 e. The maximum atomic E-state index is 11.8. The van der Waals surface area contributed by atoms with Crippen LogP contribution in [0.1, 0.15) is 33.1 Å². The summed E-state index contributed by atoms with van der Waals surface area (Å²) in [5.41, 5.74) is -0.681. The first kappa shape index (κ1) is 17.2. The Morgan fingerprint density at radius 3 is 2.56 bits per heavy atom. The van der Waals surface area contributed by atoms with Crippen LogP contribution in [0.5, 0.6) is 0 Å². The molecule has 1 fully saturated rings. The first-order valence-corrected chi connectivity index (χ1v) is 6.07. The average Bonchev–Trinajstić information content (AvgIpc) is 2.36. The Balaban J connectivity index is 0.00000289. The summed E-state index contributed by atoms with van der Waals surface area (Å²) in [6.07, 6.45) is 3.06. The zero-order valence-electron chi connectivity index (χ0n) is 11.2. The van der Waals surface area contributed by atoms with Gasteiger partial charge < -0.3 is 15.4 Å². The smallest absolute Gasteiger partial charge is 0.313 e. The molecule has 1 heterocycles. The summed E-state index contributed by atoms with van der Waals surface area (Å²) in [5, 5.41) is 5.98. The van der Waals surface area contributed by atoms with E-state index in [1.165, 1.54) is 7.11 Å². The second-order valence-electron chi connectivity index (χ2n) is 5.10. The van der Waals surface area contributed by atoms with Gasteiger partial charge in [0.15, 0.2) is 0 Å². The van der Waals surface area contributed by atoms with E-state index in [0.29, 0.717) is 6.54 Å². The Kier molecular flexibility index (Phi) is 7.25. The highest BCUT2D eigenvalue weighted by molar-refractivity contribution is 5.85. The lowest BCUT2D eigenvalue weighted by molar-refractivity contribution is -0.150. The number of esters is 1. The predicted octanol–water partition coefficient (Wildman–Crippen LogP) is 0.866. The fourth-order valence-corrected chi connectivity index (χ4v) is 1.86. The molecule has 2 N–H and O–H groups in total. The maximum absolute atomic E-state index is 11.8. The zero-order valence-corrected chi connectivity index (χ0v) is 12.1. The number of ether oxygens (including phenoxy) is 1. The lowest BCUT2D eigenvalue weighted by Crippen LogP contribution is -2.49. The van der Waals surface area contributed by atoms with E-state index in [4.69, 9.17) is 0 Å². The average molecular weight is 279 g/mol. The molecule has 0 aromatic rings. The topological polar surface area (TPSA) is 67.4 Å². The molecule has 1 saturated heterocycles. The quantitative estimate of drug-likeness (QED) is 0.749. The molecular weight excluding hydrogens is 256 g/mol. The Morgan fingerprint density at radius 2 is 2.06 bits per heavy atom. The molecule has 18 heavy (non-hydrogen) atoms. The highest BCUT2D eigenvalue weighted by atomic mass is 35.5. The summed E-state index contributed by atoms with van der Waals surface area (Å²) in [6, 6.07) is -0.114. The van der Waals surface area contributed by atoms with Crippen LogP contribution in [0.25, 0.3) is 0 Å². The number of methoxy groups -OCH3 is 1. The normalized spacial score (nSPS) is 19.6. The fraction of sp³-hybridized carbons (Fsp3) is 0.833. The van der Waals surface area contributed by atoms with E-state index in [1.807, 2.05) is 0 Å². The predicted molar refractivity (Wildman–Crippen MR) is 71.7 cm³/mol. The van der Waals surface area contributed by atoms with Crippen molar-refractivity contribution < 1.29 is 14.3 Å². The molecule has 1 aliphatic rings. The third-order valence-corrected chi connectivity index (χ3v) is 3.07. The van der Waals surface area contributed by atoms with Crippen molar-refractivity contribution in [3.8, 4) is 0 Å². The monoisotopic (exact) mass is 278 g/mol. The number of carbonyl (C=O) groups is 2. The highest BCUT2D eigenvalue weighted by Gasteiger charge is 2.30. The summed E-state index contributed by atoms with van der Waals surface area (Å²) < 4.78 is 4.69. The lowest BCUT2D eigenvalue weighted by Gasteiger charge is -2.26. The van der Waals surface area contributed by atoms with Gasteiger partial charge >= 0.3 is 5.97 Å². The minimum absolute atomic E-state index is 0. The number of amides is 1. The van der Waals surface area contributed by atoms with E-state index < -0.39 is 5.41 Å². The standard InChI is InChI=1S/C12H22N2O3.ClH/c1-12(2,11(16)17-3)8-14-10(15)9-6-4-5-7-13-9;/h9,13H,4-8H2,1-3H3,(H,14,15);1H. The third-order valence-electron chi connectivity index (χ3n) is 3.07. The van der Waals surface area contributed by atoms with Crippen LogP contribution in [0.4, 0.5) is 0 Å². The summed E-state index contributed by atoms with van der Waals surface area (Å²) in [4.78, 5) is 23.3. The van der Waals surface area contributed by atoms with Crippen molar-refractivity contribution in [2.24, 2.45) is 5.41 Å². The minimum atomic E-state index is -0.681. The Hall–Kier alpha value is -0.810. The van der Waals surface area contributed by atoms with Crippen molar-refractivity contribution in [2.45, 2.75) is 39.2 Å². The van der Waals surface area contributed by atoms with Gasteiger partial charge in [-0.1, -0.05) is 6.42 Å². The van der Waals surface area contributed by atoms with Gasteiger partial charge in [-0.15, -0.1) is 12.4 Å². The second kappa shape index (κ2) is 7.59. The molecule has 0 bridgehead atoms. The third kappa shape index (κ3) is 4.82. The molecule has 0 aliphatic carbocycles. The van der Waals surface area contributed by atoms with Crippen LogP contribution < -0.4 is 10.6 Å². The molecule has 1 aliphatic heterocycles. The molecule has 0 spiro atoms. The molecular formula is C12H23ClN2O3. The SMILES string of the molecule is COC(=O)C(C)(C)CNC(=O)C1CCCCN1.Cl. The van der Waals surface area contributed by atoms with E-state index in [9.17, 15) is 9.59 Å². The van der Waals surface area contributed by atoms with Crippen LogP contribution in [0.15, 0.2) is 0 Å². The van der Waals surface area contributed by atoms with E-state index in [-0.39, 0.29) is 30.3 Å². The van der Waals surface area contributed by atoms with Gasteiger partial charge in [-0.05, 0) is 33.2 Å². The minimum Gasteiger partial charge on any atom is -0.469 e. The molecule has 5 nitrogen and oxygen atoms in total. The molecule has 1 unspecified atom stereocenters. The Labute approximate surface area is 114 Å². The summed E-state index contributed by atoms with van der Waals surface area (Å²) >= 11 is 0. The molecule has 1 rings (SSSR count). The van der Waals surface area contributed by atoms with E-state index in [2.05, 4.69) is 15.4 Å². The molecule has 1 amide bonds. The van der Waals surface area contributed by atoms with Gasteiger partial charge in [-0.25, -0.2) is 0 Å². The number of hydrogen-bond donors (Lipinski definition) is 2. The molecule has 106 valence electrons. The van der Waals surface area contributed by atoms with Crippen molar-refractivity contribution >= 4 is 24.3 Å². The number of carbonyl (C=O) groups excluding carboxylic acids is 2. The van der Waals surface area contributed by atoms with E-state index in [0.717, 1.165) is 25.8 Å². The Morgan fingerprint density at radius 1 is 1.39 bits per heavy atom. The first-order chi connectivity index (χ1) is 7.97. The van der Waals surface area contributed by atoms with Crippen LogP contribution in [-0.4, -0.2) is 38.1 Å². The second-order valence-corrected chi connectivity index (χ2v) is 5.10. The maximum Gasteiger partial charge on any atom is 0.313 e. The summed E-state index contributed by atoms with van der Waals surface area (Å²) in [6.45, 7) is 4.70. The molecule has 6 heteroatoms. The number of rotatable bonds is 4. The molecule has 0 aromatic carbocycles. The molecule has 0 saturated carbocycles. The van der Waals surface area contributed by atoms with Crippen LogP contribution in [0, 0.1) is 5.41 Å². The molecule has 0 radical (unpaired) electrons. The fourth-order valence-electron chi connectivity index (χ4n) is 1.86. The van der Waals surface area contributed by atoms with Crippen molar-refractivity contribution in [2.75, 3.05) is 20.2 Å². The van der Waals surface area contributed by atoms with Crippen molar-refractivity contribution in [1.29, 1.82) is 0 Å². The zero-order chi connectivity index (χ0) is 12.9. The van der Waals surface area contributed by atoms with Gasteiger partial charge in [0.2, 0.25) is 5.91 Å². The van der Waals surface area contributed by atoms with Gasteiger partial charge in [0.05, 0.1) is 18.6 Å². The Bertz CT molecular complexity index is 289. The van der Waals surface area contributed by atoms with Gasteiger partial charge in [0.1, 0.15) is 0 Å². The van der Waals surface area contributed by atoms with Crippen molar-refractivity contribution in [3.63, 3.8) is 0 Å². The van der Waals surface area contributed by atoms with Crippen molar-refractivity contribution in [3.05, 3.63) is 0 Å². The van der Waals surface area contributed by atoms with Crippen LogP contribution in [0.3, 0.4) is 0 Å². The van der Waals surface area contributed by atoms with Crippen LogP contribution >= 0.6 is 12.4 Å². The first-order valence-electron chi connectivity index (χ1n) is 6.07. The molecule has 0 aromatic heterocycles. The summed E-state index contributed by atoms with van der Waals surface area (Å²) in [7, 11) is 1.36. The number of hydrogen-bond acceptors (Lipinski definition) is 4. The van der Waals surface area contributed by atoms with Gasteiger partial charge in [-0.3, -0.25) is 9.59 Å². The van der Waals surface area contributed by atoms with Crippen LogP contribution in [0.2, 0.25) is 0 Å². The number of halogens is 1. The number of piperidine rings is 1. The van der Waals surface area contributed by atoms with Crippen LogP contribution in [-0.2, 0) is 14.3 Å².